The molecule has 1 aliphatic heterocycles. The summed E-state index contributed by atoms with van der Waals surface area (Å²) in [6.07, 6.45) is 4.80. The van der Waals surface area contributed by atoms with E-state index in [1.165, 1.54) is 5.56 Å². The lowest BCUT2D eigenvalue weighted by molar-refractivity contribution is -0.135. The molecule has 0 aliphatic carbocycles. The number of pyridine rings is 1. The molecule has 0 spiro atoms. The Morgan fingerprint density at radius 1 is 1.20 bits per heavy atom. The third kappa shape index (κ3) is 5.66. The SMILES string of the molecule is O=C(CC1CNCCO1)N(CCc1ccccc1)Cc1cccnc1. The molecule has 5 heteroatoms. The number of benzene rings is 1. The molecule has 0 bridgehead atoms. The Hall–Kier alpha value is -2.24. The Balaban J connectivity index is 1.63. The van der Waals surface area contributed by atoms with Gasteiger partial charge in [-0.1, -0.05) is 36.4 Å². The van der Waals surface area contributed by atoms with Crippen LogP contribution in [0, 0.1) is 0 Å². The Labute approximate surface area is 149 Å². The van der Waals surface area contributed by atoms with Crippen molar-refractivity contribution in [3.8, 4) is 0 Å². The van der Waals surface area contributed by atoms with E-state index < -0.39 is 0 Å². The van der Waals surface area contributed by atoms with Gasteiger partial charge in [0.05, 0.1) is 19.1 Å². The van der Waals surface area contributed by atoms with E-state index in [-0.39, 0.29) is 12.0 Å². The fourth-order valence-corrected chi connectivity index (χ4v) is 2.99. The van der Waals surface area contributed by atoms with Gasteiger partial charge in [-0.15, -0.1) is 0 Å². The predicted octanol–water partition coefficient (Wildman–Crippen LogP) is 2.03. The fraction of sp³-hybridized carbons (Fsp3) is 0.400. The van der Waals surface area contributed by atoms with Crippen molar-refractivity contribution in [2.45, 2.75) is 25.5 Å². The van der Waals surface area contributed by atoms with Gasteiger partial charge >= 0.3 is 0 Å². The van der Waals surface area contributed by atoms with Crippen molar-refractivity contribution in [3.63, 3.8) is 0 Å². The van der Waals surface area contributed by atoms with Gasteiger partial charge in [0.2, 0.25) is 5.91 Å². The van der Waals surface area contributed by atoms with Crippen LogP contribution in [0.2, 0.25) is 0 Å². The van der Waals surface area contributed by atoms with Crippen LogP contribution in [-0.4, -0.2) is 48.1 Å². The number of carbonyl (C=O) groups is 1. The molecule has 1 unspecified atom stereocenters. The van der Waals surface area contributed by atoms with Gasteiger partial charge in [0, 0.05) is 38.6 Å². The zero-order chi connectivity index (χ0) is 17.3. The van der Waals surface area contributed by atoms with E-state index in [4.69, 9.17) is 4.74 Å². The molecule has 0 radical (unpaired) electrons. The summed E-state index contributed by atoms with van der Waals surface area (Å²) in [5, 5.41) is 3.28. The van der Waals surface area contributed by atoms with Gasteiger partial charge < -0.3 is 15.0 Å². The number of nitrogens with zero attached hydrogens (tertiary/aromatic N) is 2. The highest BCUT2D eigenvalue weighted by Gasteiger charge is 2.21. The van der Waals surface area contributed by atoms with Crippen LogP contribution in [0.1, 0.15) is 17.5 Å². The van der Waals surface area contributed by atoms with Crippen molar-refractivity contribution in [1.29, 1.82) is 0 Å². The molecule has 1 aromatic heterocycles. The second-order valence-electron chi connectivity index (χ2n) is 6.31. The number of hydrogen-bond acceptors (Lipinski definition) is 4. The molecule has 5 nitrogen and oxygen atoms in total. The Morgan fingerprint density at radius 2 is 2.04 bits per heavy atom. The molecule has 1 amide bonds. The first kappa shape index (κ1) is 17.6. The lowest BCUT2D eigenvalue weighted by atomic mass is 10.1. The molecule has 1 atom stereocenters. The van der Waals surface area contributed by atoms with Crippen LogP contribution in [0.15, 0.2) is 54.9 Å². The molecule has 1 fully saturated rings. The number of nitrogens with one attached hydrogen (secondary N) is 1. The molecule has 2 aromatic rings. The van der Waals surface area contributed by atoms with E-state index in [1.807, 2.05) is 41.4 Å². The van der Waals surface area contributed by atoms with Crippen LogP contribution in [-0.2, 0) is 22.5 Å². The topological polar surface area (TPSA) is 54.5 Å². The minimum Gasteiger partial charge on any atom is -0.375 e. The minimum atomic E-state index is -0.0330. The minimum absolute atomic E-state index is 0.0330. The Bertz CT molecular complexity index is 643. The van der Waals surface area contributed by atoms with Gasteiger partial charge in [0.15, 0.2) is 0 Å². The third-order valence-electron chi connectivity index (χ3n) is 4.37. The molecule has 2 heterocycles. The summed E-state index contributed by atoms with van der Waals surface area (Å²) in [6, 6.07) is 14.2. The molecule has 1 aromatic carbocycles. The van der Waals surface area contributed by atoms with Crippen molar-refractivity contribution < 1.29 is 9.53 Å². The second kappa shape index (κ2) is 9.30. The first-order valence-electron chi connectivity index (χ1n) is 8.84. The fourth-order valence-electron chi connectivity index (χ4n) is 2.99. The quantitative estimate of drug-likeness (QED) is 0.839. The van der Waals surface area contributed by atoms with Crippen molar-refractivity contribution in [2.24, 2.45) is 0 Å². The second-order valence-corrected chi connectivity index (χ2v) is 6.31. The number of aromatic nitrogens is 1. The number of carbonyl (C=O) groups excluding carboxylic acids is 1. The van der Waals surface area contributed by atoms with Crippen LogP contribution in [0.25, 0.3) is 0 Å². The van der Waals surface area contributed by atoms with E-state index in [9.17, 15) is 4.79 Å². The van der Waals surface area contributed by atoms with Crippen LogP contribution in [0.5, 0.6) is 0 Å². The maximum atomic E-state index is 12.8. The average molecular weight is 339 g/mol. The summed E-state index contributed by atoms with van der Waals surface area (Å²) in [5.74, 6) is 0.133. The summed E-state index contributed by atoms with van der Waals surface area (Å²) >= 11 is 0. The lowest BCUT2D eigenvalue weighted by Gasteiger charge is -2.28. The zero-order valence-corrected chi connectivity index (χ0v) is 14.4. The van der Waals surface area contributed by atoms with Crippen molar-refractivity contribution in [1.82, 2.24) is 15.2 Å². The standard InChI is InChI=1S/C20H25N3O2/c24-20(13-19-15-22-10-12-25-19)23(16-18-7-4-9-21-14-18)11-8-17-5-2-1-3-6-17/h1-7,9,14,19,22H,8,10-13,15-16H2. The van der Waals surface area contributed by atoms with E-state index in [1.54, 1.807) is 6.20 Å². The first-order chi connectivity index (χ1) is 12.3. The van der Waals surface area contributed by atoms with Crippen molar-refractivity contribution in [2.75, 3.05) is 26.2 Å². The third-order valence-corrected chi connectivity index (χ3v) is 4.37. The molecule has 25 heavy (non-hydrogen) atoms. The highest BCUT2D eigenvalue weighted by molar-refractivity contribution is 5.76. The normalized spacial score (nSPS) is 17.2. The molecule has 1 N–H and O–H groups in total. The van der Waals surface area contributed by atoms with Gasteiger partial charge in [0.25, 0.3) is 0 Å². The Kier molecular flexibility index (Phi) is 6.54. The molecule has 132 valence electrons. The monoisotopic (exact) mass is 339 g/mol. The van der Waals surface area contributed by atoms with Crippen LogP contribution >= 0.6 is 0 Å². The van der Waals surface area contributed by atoms with E-state index in [0.29, 0.717) is 26.1 Å². The largest absolute Gasteiger partial charge is 0.375 e. The Morgan fingerprint density at radius 3 is 2.76 bits per heavy atom. The molecule has 0 saturated carbocycles. The van der Waals surface area contributed by atoms with Crippen LogP contribution < -0.4 is 5.32 Å². The summed E-state index contributed by atoms with van der Waals surface area (Å²) in [5.41, 5.74) is 2.29. The highest BCUT2D eigenvalue weighted by Crippen LogP contribution is 2.11. The van der Waals surface area contributed by atoms with Gasteiger partial charge in [-0.2, -0.15) is 0 Å². The maximum absolute atomic E-state index is 12.8. The highest BCUT2D eigenvalue weighted by atomic mass is 16.5. The van der Waals surface area contributed by atoms with E-state index in [0.717, 1.165) is 25.1 Å². The smallest absolute Gasteiger partial charge is 0.225 e. The van der Waals surface area contributed by atoms with Gasteiger partial charge in [-0.05, 0) is 23.6 Å². The van der Waals surface area contributed by atoms with Gasteiger partial charge in [-0.25, -0.2) is 0 Å². The van der Waals surface area contributed by atoms with Crippen molar-refractivity contribution in [3.05, 3.63) is 66.0 Å². The number of amides is 1. The number of hydrogen-bond donors (Lipinski definition) is 1. The summed E-state index contributed by atoms with van der Waals surface area (Å²) in [4.78, 5) is 18.9. The maximum Gasteiger partial charge on any atom is 0.225 e. The molecular weight excluding hydrogens is 314 g/mol. The first-order valence-corrected chi connectivity index (χ1v) is 8.84. The van der Waals surface area contributed by atoms with Crippen molar-refractivity contribution >= 4 is 5.91 Å². The summed E-state index contributed by atoms with van der Waals surface area (Å²) < 4.78 is 5.69. The average Bonchev–Trinajstić information content (AvgIpc) is 2.67. The van der Waals surface area contributed by atoms with E-state index >= 15 is 0 Å². The molecular formula is C20H25N3O2. The summed E-state index contributed by atoms with van der Waals surface area (Å²) in [7, 11) is 0. The van der Waals surface area contributed by atoms with Crippen LogP contribution in [0.3, 0.4) is 0 Å². The van der Waals surface area contributed by atoms with Gasteiger partial charge in [-0.3, -0.25) is 9.78 Å². The van der Waals surface area contributed by atoms with Crippen LogP contribution in [0.4, 0.5) is 0 Å². The summed E-state index contributed by atoms with van der Waals surface area (Å²) in [6.45, 7) is 3.55. The van der Waals surface area contributed by atoms with E-state index in [2.05, 4.69) is 22.4 Å². The zero-order valence-electron chi connectivity index (χ0n) is 14.4. The molecule has 1 aliphatic rings. The number of morpholine rings is 1. The number of ether oxygens (including phenoxy) is 1. The number of rotatable bonds is 7. The molecule has 1 saturated heterocycles. The molecule has 3 rings (SSSR count). The van der Waals surface area contributed by atoms with Gasteiger partial charge in [0.1, 0.15) is 0 Å². The lowest BCUT2D eigenvalue weighted by Crippen LogP contribution is -2.42. The predicted molar refractivity (Wildman–Crippen MR) is 97.0 cm³/mol.